The second kappa shape index (κ2) is 8.94. The summed E-state index contributed by atoms with van der Waals surface area (Å²) >= 11 is 0. The lowest BCUT2D eigenvalue weighted by Gasteiger charge is -2.11. The van der Waals surface area contributed by atoms with Crippen molar-refractivity contribution in [3.63, 3.8) is 0 Å². The van der Waals surface area contributed by atoms with E-state index >= 15 is 0 Å². The van der Waals surface area contributed by atoms with Crippen molar-refractivity contribution in [3.8, 4) is 0 Å². The Morgan fingerprint density at radius 1 is 1.11 bits per heavy atom. The average Bonchev–Trinajstić information content (AvgIpc) is 2.23. The summed E-state index contributed by atoms with van der Waals surface area (Å²) in [4.78, 5) is 36.1. The number of hydrogen-bond donors (Lipinski definition) is 8. The van der Waals surface area contributed by atoms with Gasteiger partial charge in [0.2, 0.25) is 0 Å². The van der Waals surface area contributed by atoms with E-state index in [0.717, 1.165) is 0 Å². The van der Waals surface area contributed by atoms with E-state index in [0.29, 0.717) is 0 Å². The first-order valence-electron chi connectivity index (χ1n) is 4.31. The summed E-state index contributed by atoms with van der Waals surface area (Å²) in [6.07, 6.45) is 0. The zero-order valence-corrected chi connectivity index (χ0v) is 9.90. The molecule has 0 bridgehead atoms. The maximum absolute atomic E-state index is 10.1. The summed E-state index contributed by atoms with van der Waals surface area (Å²) in [6.45, 7) is -1.38. The Morgan fingerprint density at radius 2 is 1.56 bits per heavy atom. The van der Waals surface area contributed by atoms with E-state index in [1.54, 1.807) is 0 Å². The molecule has 0 aromatic rings. The van der Waals surface area contributed by atoms with Crippen molar-refractivity contribution in [2.24, 2.45) is 5.73 Å². The van der Waals surface area contributed by atoms with Crippen LogP contribution in [0.25, 0.3) is 0 Å². The molecule has 0 aliphatic carbocycles. The predicted octanol–water partition coefficient (Wildman–Crippen LogP) is -3.50. The third-order valence-electron chi connectivity index (χ3n) is 1.32. The fourth-order valence-electron chi connectivity index (χ4n) is 0.455. The molecule has 0 fully saturated rings. The van der Waals surface area contributed by atoms with Gasteiger partial charge in [-0.05, 0) is 0 Å². The fraction of sp³-hybridized carbons (Fsp3) is 0.667. The number of aliphatic carboxylic acids is 2. The summed E-state index contributed by atoms with van der Waals surface area (Å²) in [5.74, 6) is -2.70. The maximum Gasteiger partial charge on any atom is 0.401 e. The molecule has 0 radical (unpaired) electrons. The maximum atomic E-state index is 10.1. The van der Waals surface area contributed by atoms with Crippen LogP contribution in [0.4, 0.5) is 0 Å². The molecule has 0 aromatic heterocycles. The Balaban J connectivity index is 0. The Labute approximate surface area is 101 Å². The molecule has 0 saturated carbocycles. The molecular formula is C6H15N2O9P. The molecule has 0 aliphatic rings. The quantitative estimate of drug-likeness (QED) is 0.225. The molecule has 0 spiro atoms. The van der Waals surface area contributed by atoms with Crippen molar-refractivity contribution in [2.75, 3.05) is 13.2 Å². The summed E-state index contributed by atoms with van der Waals surface area (Å²) in [5.41, 5.74) is 4.77. The minimum atomic E-state index is -4.58. The molecule has 0 aliphatic heterocycles. The van der Waals surface area contributed by atoms with Crippen LogP contribution in [0, 0.1) is 0 Å². The summed E-state index contributed by atoms with van der Waals surface area (Å²) in [5, 5.41) is 33.8. The highest BCUT2D eigenvalue weighted by atomic mass is 31.2. The number of nitrogens with one attached hydrogen (secondary N) is 1. The number of hydrogen-bond acceptors (Lipinski definition) is 6. The zero-order chi connectivity index (χ0) is 14.9. The molecule has 18 heavy (non-hydrogen) atoms. The van der Waals surface area contributed by atoms with Gasteiger partial charge in [-0.2, -0.15) is 0 Å². The first kappa shape index (κ1) is 19.3. The predicted molar refractivity (Wildman–Crippen MR) is 56.4 cm³/mol. The first-order chi connectivity index (χ1) is 8.05. The molecule has 12 heteroatoms. The summed E-state index contributed by atoms with van der Waals surface area (Å²) in [7, 11) is -4.58. The van der Waals surface area contributed by atoms with E-state index < -0.39 is 45.0 Å². The van der Waals surface area contributed by atoms with Crippen LogP contribution < -0.4 is 10.8 Å². The minimum Gasteiger partial charge on any atom is -0.480 e. The van der Waals surface area contributed by atoms with Gasteiger partial charge in [-0.3, -0.25) is 9.59 Å². The third kappa shape index (κ3) is 11.4. The van der Waals surface area contributed by atoms with Crippen molar-refractivity contribution in [3.05, 3.63) is 0 Å². The highest BCUT2D eigenvalue weighted by Gasteiger charge is 2.24. The highest BCUT2D eigenvalue weighted by Crippen LogP contribution is 2.28. The topological polar surface area (TPSA) is 211 Å². The Hall–Kier alpha value is -1.07. The molecule has 0 amide bonds. The van der Waals surface area contributed by atoms with E-state index in [1.165, 1.54) is 5.09 Å². The number of rotatable bonds is 6. The summed E-state index contributed by atoms with van der Waals surface area (Å²) in [6, 6.07) is -2.75. The first-order valence-corrected chi connectivity index (χ1v) is 5.92. The molecule has 9 N–H and O–H groups in total. The normalized spacial score (nSPS) is 14.1. The number of carboxylic acid groups (broad SMARTS) is 2. The van der Waals surface area contributed by atoms with Gasteiger partial charge in [-0.1, -0.05) is 0 Å². The lowest BCUT2D eigenvalue weighted by Crippen LogP contribution is -2.37. The van der Waals surface area contributed by atoms with Crippen LogP contribution in [0.5, 0.6) is 0 Å². The van der Waals surface area contributed by atoms with Crippen molar-refractivity contribution in [1.29, 1.82) is 0 Å². The lowest BCUT2D eigenvalue weighted by atomic mass is 10.3. The van der Waals surface area contributed by atoms with Gasteiger partial charge in [-0.15, -0.1) is 0 Å². The van der Waals surface area contributed by atoms with Gasteiger partial charge in [0.15, 0.2) is 0 Å². The van der Waals surface area contributed by atoms with Crippen molar-refractivity contribution < 1.29 is 44.4 Å². The van der Waals surface area contributed by atoms with Crippen LogP contribution >= 0.6 is 7.75 Å². The van der Waals surface area contributed by atoms with Crippen LogP contribution in [0.3, 0.4) is 0 Å². The Morgan fingerprint density at radius 3 is 1.61 bits per heavy atom. The molecule has 0 aromatic carbocycles. The van der Waals surface area contributed by atoms with E-state index in [9.17, 15) is 14.2 Å². The number of carbonyl (C=O) groups is 2. The number of aliphatic hydroxyl groups excluding tert-OH is 2. The molecule has 0 rings (SSSR count). The van der Waals surface area contributed by atoms with Gasteiger partial charge >= 0.3 is 19.7 Å². The molecule has 11 nitrogen and oxygen atoms in total. The van der Waals surface area contributed by atoms with E-state index in [2.05, 4.69) is 0 Å². The largest absolute Gasteiger partial charge is 0.480 e. The standard InChI is InChI=1S/C3H8NO6P.C3H7NO3/c5-1-2(3(6)7)4-11(8,9)10;4-2(1-5)3(6)7/h2,5H,1H2,(H,6,7)(H3,4,8,9,10);2,5H,1,4H2,(H,6,7). The number of aliphatic hydroxyl groups is 2. The molecular weight excluding hydrogens is 275 g/mol. The van der Waals surface area contributed by atoms with Gasteiger partial charge in [0.1, 0.15) is 12.1 Å². The molecule has 108 valence electrons. The van der Waals surface area contributed by atoms with Gasteiger partial charge in [0.05, 0.1) is 13.2 Å². The fourth-order valence-corrected chi connectivity index (χ4v) is 1.05. The number of nitrogens with two attached hydrogens (primary N) is 1. The second-order valence-electron chi connectivity index (χ2n) is 2.87. The van der Waals surface area contributed by atoms with E-state index in [1.807, 2.05) is 0 Å². The molecule has 0 saturated heterocycles. The third-order valence-corrected chi connectivity index (χ3v) is 1.97. The van der Waals surface area contributed by atoms with Gasteiger partial charge in [0.25, 0.3) is 0 Å². The Kier molecular flexibility index (Phi) is 9.57. The van der Waals surface area contributed by atoms with Gasteiger partial charge < -0.3 is 35.9 Å². The minimum absolute atomic E-state index is 0.505. The van der Waals surface area contributed by atoms with Crippen molar-refractivity contribution in [1.82, 2.24) is 5.09 Å². The van der Waals surface area contributed by atoms with E-state index in [4.69, 9.17) is 35.9 Å². The second-order valence-corrected chi connectivity index (χ2v) is 4.22. The van der Waals surface area contributed by atoms with Crippen LogP contribution in [0.1, 0.15) is 0 Å². The summed E-state index contributed by atoms with van der Waals surface area (Å²) < 4.78 is 10.1. The highest BCUT2D eigenvalue weighted by molar-refractivity contribution is 7.49. The van der Waals surface area contributed by atoms with Crippen molar-refractivity contribution >= 4 is 19.7 Å². The van der Waals surface area contributed by atoms with Crippen LogP contribution in [-0.4, -0.2) is 67.4 Å². The molecule has 2 unspecified atom stereocenters. The van der Waals surface area contributed by atoms with Crippen LogP contribution in [-0.2, 0) is 14.2 Å². The SMILES string of the molecule is NC(CO)C(=O)O.O=C(O)C(CO)NP(=O)(O)O. The molecule has 2 atom stereocenters. The van der Waals surface area contributed by atoms with E-state index in [-0.39, 0.29) is 0 Å². The van der Waals surface area contributed by atoms with Crippen LogP contribution in [0.15, 0.2) is 0 Å². The van der Waals surface area contributed by atoms with Crippen LogP contribution in [0.2, 0.25) is 0 Å². The van der Waals surface area contributed by atoms with Gasteiger partial charge in [-0.25, -0.2) is 9.65 Å². The lowest BCUT2D eigenvalue weighted by molar-refractivity contribution is -0.140. The number of carboxylic acids is 2. The van der Waals surface area contributed by atoms with Gasteiger partial charge in [0, 0.05) is 0 Å². The van der Waals surface area contributed by atoms with Crippen molar-refractivity contribution in [2.45, 2.75) is 12.1 Å². The smallest absolute Gasteiger partial charge is 0.401 e. The molecule has 0 heterocycles. The average molecular weight is 290 g/mol. The monoisotopic (exact) mass is 290 g/mol. The zero-order valence-electron chi connectivity index (χ0n) is 9.00. The Bertz CT molecular complexity index is 316.